The highest BCUT2D eigenvalue weighted by Gasteiger charge is 2.47. The van der Waals surface area contributed by atoms with Gasteiger partial charge in [0.05, 0.1) is 18.6 Å². The number of rotatable bonds is 3. The Hall–Kier alpha value is -1.14. The number of nitrogens with one attached hydrogen (secondary N) is 1. The number of hydrogen-bond acceptors (Lipinski definition) is 4. The Morgan fingerprint density at radius 2 is 2.00 bits per heavy atom. The standard InChI is InChI=1S/C15H24N2O4/c1-10(18)17-7-12-13(9-21-14(12)8-17)15(19)16-6-11-2-4-20-5-3-11/h11-14H,2-9H2,1H3,(H,16,19)/t12-,13+,14-/m1/s1. The van der Waals surface area contributed by atoms with Gasteiger partial charge in [0.15, 0.2) is 0 Å². The van der Waals surface area contributed by atoms with Crippen LogP contribution in [0.2, 0.25) is 0 Å². The van der Waals surface area contributed by atoms with E-state index in [1.54, 1.807) is 11.8 Å². The molecule has 0 aromatic heterocycles. The van der Waals surface area contributed by atoms with E-state index in [4.69, 9.17) is 9.47 Å². The van der Waals surface area contributed by atoms with Crippen molar-refractivity contribution >= 4 is 11.8 Å². The fourth-order valence-corrected chi connectivity index (χ4v) is 3.57. The van der Waals surface area contributed by atoms with Crippen LogP contribution in [0.15, 0.2) is 0 Å². The quantitative estimate of drug-likeness (QED) is 0.797. The van der Waals surface area contributed by atoms with Gasteiger partial charge in [-0.3, -0.25) is 9.59 Å². The zero-order chi connectivity index (χ0) is 14.8. The molecule has 3 aliphatic rings. The molecule has 118 valence electrons. The van der Waals surface area contributed by atoms with Crippen LogP contribution in [0, 0.1) is 17.8 Å². The molecule has 2 amide bonds. The van der Waals surface area contributed by atoms with E-state index in [0.29, 0.717) is 25.6 Å². The van der Waals surface area contributed by atoms with Crippen LogP contribution in [0.4, 0.5) is 0 Å². The summed E-state index contributed by atoms with van der Waals surface area (Å²) in [5.41, 5.74) is 0. The monoisotopic (exact) mass is 296 g/mol. The lowest BCUT2D eigenvalue weighted by atomic mass is 9.92. The number of carbonyl (C=O) groups excluding carboxylic acids is 2. The molecule has 3 saturated heterocycles. The molecule has 1 N–H and O–H groups in total. The van der Waals surface area contributed by atoms with E-state index in [-0.39, 0.29) is 29.8 Å². The van der Waals surface area contributed by atoms with Crippen molar-refractivity contribution in [2.45, 2.75) is 25.9 Å². The summed E-state index contributed by atoms with van der Waals surface area (Å²) >= 11 is 0. The number of amides is 2. The molecule has 0 aliphatic carbocycles. The third-order valence-electron chi connectivity index (χ3n) is 5.00. The minimum atomic E-state index is -0.112. The lowest BCUT2D eigenvalue weighted by molar-refractivity contribution is -0.130. The molecule has 3 rings (SSSR count). The Morgan fingerprint density at radius 3 is 2.71 bits per heavy atom. The van der Waals surface area contributed by atoms with Crippen molar-refractivity contribution in [3.63, 3.8) is 0 Å². The fourth-order valence-electron chi connectivity index (χ4n) is 3.57. The molecule has 0 aromatic rings. The topological polar surface area (TPSA) is 67.9 Å². The van der Waals surface area contributed by atoms with Crippen molar-refractivity contribution in [2.75, 3.05) is 39.5 Å². The first-order chi connectivity index (χ1) is 10.1. The van der Waals surface area contributed by atoms with Gasteiger partial charge in [0.2, 0.25) is 11.8 Å². The van der Waals surface area contributed by atoms with Crippen LogP contribution in [0.3, 0.4) is 0 Å². The molecule has 3 aliphatic heterocycles. The van der Waals surface area contributed by atoms with E-state index in [0.717, 1.165) is 32.6 Å². The predicted octanol–water partition coefficient (Wildman–Crippen LogP) is 0.0225. The van der Waals surface area contributed by atoms with Crippen molar-refractivity contribution in [2.24, 2.45) is 17.8 Å². The zero-order valence-corrected chi connectivity index (χ0v) is 12.5. The van der Waals surface area contributed by atoms with Crippen LogP contribution in [0.5, 0.6) is 0 Å². The van der Waals surface area contributed by atoms with Gasteiger partial charge in [0, 0.05) is 45.7 Å². The molecular weight excluding hydrogens is 272 g/mol. The minimum Gasteiger partial charge on any atom is -0.381 e. The number of fused-ring (bicyclic) bond motifs is 1. The highest BCUT2D eigenvalue weighted by Crippen LogP contribution is 2.33. The number of carbonyl (C=O) groups is 2. The Kier molecular flexibility index (Phi) is 4.45. The molecule has 3 heterocycles. The van der Waals surface area contributed by atoms with Gasteiger partial charge >= 0.3 is 0 Å². The van der Waals surface area contributed by atoms with E-state index in [1.807, 2.05) is 0 Å². The average Bonchev–Trinajstić information content (AvgIpc) is 3.06. The first-order valence-electron chi connectivity index (χ1n) is 7.87. The van der Waals surface area contributed by atoms with E-state index < -0.39 is 0 Å². The van der Waals surface area contributed by atoms with Crippen molar-refractivity contribution in [3.05, 3.63) is 0 Å². The largest absolute Gasteiger partial charge is 0.381 e. The van der Waals surface area contributed by atoms with Crippen LogP contribution in [-0.2, 0) is 19.1 Å². The Bertz CT molecular complexity index is 408. The predicted molar refractivity (Wildman–Crippen MR) is 75.5 cm³/mol. The van der Waals surface area contributed by atoms with Crippen LogP contribution >= 0.6 is 0 Å². The van der Waals surface area contributed by atoms with E-state index in [2.05, 4.69) is 5.32 Å². The second-order valence-electron chi connectivity index (χ2n) is 6.37. The molecule has 3 atom stereocenters. The van der Waals surface area contributed by atoms with Crippen molar-refractivity contribution in [1.82, 2.24) is 10.2 Å². The molecule has 0 bridgehead atoms. The second kappa shape index (κ2) is 6.32. The van der Waals surface area contributed by atoms with Crippen molar-refractivity contribution in [3.8, 4) is 0 Å². The van der Waals surface area contributed by atoms with Gasteiger partial charge in [-0.25, -0.2) is 0 Å². The van der Waals surface area contributed by atoms with Gasteiger partial charge in [-0.2, -0.15) is 0 Å². The zero-order valence-electron chi connectivity index (χ0n) is 12.5. The second-order valence-corrected chi connectivity index (χ2v) is 6.37. The molecule has 0 aromatic carbocycles. The number of ether oxygens (including phenoxy) is 2. The van der Waals surface area contributed by atoms with Crippen LogP contribution in [0.25, 0.3) is 0 Å². The highest BCUT2D eigenvalue weighted by molar-refractivity contribution is 5.80. The SMILES string of the molecule is CC(=O)N1C[C@@H]2[C@@H](C(=O)NCC3CCOCC3)CO[C@@H]2C1. The molecule has 6 heteroatoms. The molecule has 3 fully saturated rings. The van der Waals surface area contributed by atoms with Gasteiger partial charge in [-0.15, -0.1) is 0 Å². The maximum atomic E-state index is 12.4. The minimum absolute atomic E-state index is 0.0349. The van der Waals surface area contributed by atoms with Crippen LogP contribution in [-0.4, -0.2) is 62.3 Å². The van der Waals surface area contributed by atoms with Gasteiger partial charge in [0.25, 0.3) is 0 Å². The van der Waals surface area contributed by atoms with E-state index in [9.17, 15) is 9.59 Å². The summed E-state index contributed by atoms with van der Waals surface area (Å²) in [6.45, 7) is 5.66. The summed E-state index contributed by atoms with van der Waals surface area (Å²) in [5, 5.41) is 3.07. The van der Waals surface area contributed by atoms with Gasteiger partial charge < -0.3 is 19.7 Å². The summed E-state index contributed by atoms with van der Waals surface area (Å²) in [7, 11) is 0. The van der Waals surface area contributed by atoms with Crippen LogP contribution < -0.4 is 5.32 Å². The van der Waals surface area contributed by atoms with Crippen LogP contribution in [0.1, 0.15) is 19.8 Å². The van der Waals surface area contributed by atoms with Gasteiger partial charge in [-0.1, -0.05) is 0 Å². The molecule has 21 heavy (non-hydrogen) atoms. The summed E-state index contributed by atoms with van der Waals surface area (Å²) in [4.78, 5) is 25.6. The maximum absolute atomic E-state index is 12.4. The highest BCUT2D eigenvalue weighted by atomic mass is 16.5. The first kappa shape index (κ1) is 14.8. The average molecular weight is 296 g/mol. The number of hydrogen-bond donors (Lipinski definition) is 1. The van der Waals surface area contributed by atoms with Gasteiger partial charge in [0.1, 0.15) is 0 Å². The van der Waals surface area contributed by atoms with Crippen molar-refractivity contribution < 1.29 is 19.1 Å². The summed E-state index contributed by atoms with van der Waals surface area (Å²) < 4.78 is 11.0. The Morgan fingerprint density at radius 1 is 1.24 bits per heavy atom. The third kappa shape index (κ3) is 3.21. The van der Waals surface area contributed by atoms with Crippen molar-refractivity contribution in [1.29, 1.82) is 0 Å². The summed E-state index contributed by atoms with van der Waals surface area (Å²) in [6, 6.07) is 0. The summed E-state index contributed by atoms with van der Waals surface area (Å²) in [5.74, 6) is 0.717. The first-order valence-corrected chi connectivity index (χ1v) is 7.87. The molecule has 0 saturated carbocycles. The molecular formula is C15H24N2O4. The lowest BCUT2D eigenvalue weighted by Crippen LogP contribution is -2.40. The molecule has 6 nitrogen and oxygen atoms in total. The van der Waals surface area contributed by atoms with E-state index >= 15 is 0 Å². The fraction of sp³-hybridized carbons (Fsp3) is 0.867. The number of likely N-dealkylation sites (tertiary alicyclic amines) is 1. The summed E-state index contributed by atoms with van der Waals surface area (Å²) in [6.07, 6.45) is 2.07. The molecule has 0 radical (unpaired) electrons. The Balaban J connectivity index is 1.49. The van der Waals surface area contributed by atoms with Gasteiger partial charge in [-0.05, 0) is 18.8 Å². The normalized spacial score (nSPS) is 33.0. The smallest absolute Gasteiger partial charge is 0.225 e. The lowest BCUT2D eigenvalue weighted by Gasteiger charge is -2.24. The molecule has 0 spiro atoms. The number of nitrogens with zero attached hydrogens (tertiary/aromatic N) is 1. The maximum Gasteiger partial charge on any atom is 0.225 e. The molecule has 0 unspecified atom stereocenters. The Labute approximate surface area is 125 Å². The third-order valence-corrected chi connectivity index (χ3v) is 5.00. The van der Waals surface area contributed by atoms with E-state index in [1.165, 1.54) is 0 Å².